The Labute approximate surface area is 170 Å². The molecule has 29 heavy (non-hydrogen) atoms. The number of aromatic nitrogens is 3. The van der Waals surface area contributed by atoms with Crippen molar-refractivity contribution in [3.63, 3.8) is 0 Å². The predicted molar refractivity (Wildman–Crippen MR) is 107 cm³/mol. The van der Waals surface area contributed by atoms with Crippen molar-refractivity contribution < 1.29 is 17.2 Å². The highest BCUT2D eigenvalue weighted by Crippen LogP contribution is 2.41. The molecule has 1 aliphatic rings. The van der Waals surface area contributed by atoms with Gasteiger partial charge in [-0.25, -0.2) is 12.8 Å². The summed E-state index contributed by atoms with van der Waals surface area (Å²) in [5, 5.41) is 18.6. The fourth-order valence-corrected chi connectivity index (χ4v) is 6.09. The third-order valence-electron chi connectivity index (χ3n) is 5.08. The number of nitrogens with one attached hydrogen (secondary N) is 2. The minimum atomic E-state index is -3.66. The van der Waals surface area contributed by atoms with E-state index in [1.807, 2.05) is 0 Å². The summed E-state index contributed by atoms with van der Waals surface area (Å²) in [5.41, 5.74) is -0.0207. The van der Waals surface area contributed by atoms with E-state index in [2.05, 4.69) is 20.5 Å². The zero-order valence-electron chi connectivity index (χ0n) is 15.9. The molecule has 3 aromatic heterocycles. The lowest BCUT2D eigenvalue weighted by Gasteiger charge is -2.42. The van der Waals surface area contributed by atoms with E-state index in [0.29, 0.717) is 21.9 Å². The fourth-order valence-electron chi connectivity index (χ4n) is 3.18. The minimum absolute atomic E-state index is 0.152. The summed E-state index contributed by atoms with van der Waals surface area (Å²) in [5.74, 6) is -0.710. The van der Waals surface area contributed by atoms with E-state index >= 15 is 0 Å². The van der Waals surface area contributed by atoms with Crippen molar-refractivity contribution in [2.75, 3.05) is 5.75 Å². The molecular formula is C18H18FN5O3S2. The summed E-state index contributed by atoms with van der Waals surface area (Å²) >= 11 is 1.12. The smallest absolute Gasteiger partial charge is 0.249 e. The summed E-state index contributed by atoms with van der Waals surface area (Å²) in [6.45, 7) is 4.55. The molecule has 0 aromatic carbocycles. The third-order valence-corrected chi connectivity index (χ3v) is 9.22. The number of hydrogen-bond donors (Lipinski definition) is 2. The fraction of sp³-hybridized carbons (Fsp3) is 0.333. The van der Waals surface area contributed by atoms with E-state index in [-0.39, 0.29) is 16.5 Å². The van der Waals surface area contributed by atoms with E-state index in [0.717, 1.165) is 11.3 Å². The molecule has 2 N–H and O–H groups in total. The van der Waals surface area contributed by atoms with Crippen LogP contribution in [-0.2, 0) is 15.4 Å². The van der Waals surface area contributed by atoms with Gasteiger partial charge in [0.15, 0.2) is 9.84 Å². The topological polar surface area (TPSA) is 122 Å². The Kier molecular flexibility index (Phi) is 4.35. The van der Waals surface area contributed by atoms with E-state index in [9.17, 15) is 12.8 Å². The van der Waals surface area contributed by atoms with Crippen LogP contribution in [0.5, 0.6) is 0 Å². The summed E-state index contributed by atoms with van der Waals surface area (Å²) in [6, 6.07) is 3.09. The normalized spacial score (nSPS) is 23.0. The maximum atomic E-state index is 14.9. The number of rotatable bonds is 3. The Hall–Kier alpha value is -2.66. The zero-order chi connectivity index (χ0) is 21.0. The Morgan fingerprint density at radius 1 is 1.24 bits per heavy atom. The van der Waals surface area contributed by atoms with E-state index in [1.54, 1.807) is 25.4 Å². The third kappa shape index (κ3) is 3.14. The van der Waals surface area contributed by atoms with Crippen LogP contribution < -0.4 is 5.32 Å². The van der Waals surface area contributed by atoms with Crippen LogP contribution >= 0.6 is 11.3 Å². The average Bonchev–Trinajstić information content (AvgIpc) is 3.30. The number of pyridine rings is 1. The lowest BCUT2D eigenvalue weighted by molar-refractivity contribution is 0.432. The monoisotopic (exact) mass is 435 g/mol. The minimum Gasteiger partial charge on any atom is -0.423 e. The van der Waals surface area contributed by atoms with Crippen molar-refractivity contribution in [3.8, 4) is 21.9 Å². The second-order valence-corrected chi connectivity index (χ2v) is 11.2. The molecule has 1 atom stereocenters. The molecular weight excluding hydrogens is 417 g/mol. The molecule has 11 heteroatoms. The molecule has 4 heterocycles. The van der Waals surface area contributed by atoms with E-state index < -0.39 is 25.9 Å². The quantitative estimate of drug-likeness (QED) is 0.648. The van der Waals surface area contributed by atoms with Crippen molar-refractivity contribution >= 4 is 27.0 Å². The highest BCUT2D eigenvalue weighted by molar-refractivity contribution is 7.93. The molecule has 0 bridgehead atoms. The Morgan fingerprint density at radius 2 is 1.97 bits per heavy atom. The van der Waals surface area contributed by atoms with Crippen molar-refractivity contribution in [2.45, 2.75) is 31.1 Å². The van der Waals surface area contributed by atoms with Gasteiger partial charge in [-0.15, -0.1) is 21.5 Å². The maximum absolute atomic E-state index is 14.9. The first-order chi connectivity index (χ1) is 13.5. The van der Waals surface area contributed by atoms with Crippen LogP contribution in [0.4, 0.5) is 4.39 Å². The second-order valence-electron chi connectivity index (χ2n) is 7.60. The number of sulfone groups is 1. The first-order valence-corrected chi connectivity index (χ1v) is 11.1. The van der Waals surface area contributed by atoms with Gasteiger partial charge in [0.2, 0.25) is 12.3 Å². The van der Waals surface area contributed by atoms with Crippen LogP contribution in [-0.4, -0.2) is 39.9 Å². The van der Waals surface area contributed by atoms with Gasteiger partial charge in [-0.1, -0.05) is 0 Å². The SMILES string of the molecule is CC1(C)C(=N)N[C@](C)(c2sc(-c3cncc(-c4nnco4)c3)cc2F)CS1(=O)=O. The van der Waals surface area contributed by atoms with Gasteiger partial charge in [0, 0.05) is 22.8 Å². The van der Waals surface area contributed by atoms with Crippen LogP contribution in [0.15, 0.2) is 35.3 Å². The summed E-state index contributed by atoms with van der Waals surface area (Å²) in [7, 11) is -3.66. The van der Waals surface area contributed by atoms with Crippen molar-refractivity contribution in [1.82, 2.24) is 20.5 Å². The van der Waals surface area contributed by atoms with Gasteiger partial charge < -0.3 is 9.73 Å². The van der Waals surface area contributed by atoms with Gasteiger partial charge in [0.25, 0.3) is 0 Å². The highest BCUT2D eigenvalue weighted by atomic mass is 32.2. The van der Waals surface area contributed by atoms with Gasteiger partial charge >= 0.3 is 0 Å². The molecule has 0 spiro atoms. The Balaban J connectivity index is 1.74. The van der Waals surface area contributed by atoms with Gasteiger partial charge in [-0.05, 0) is 32.9 Å². The highest BCUT2D eigenvalue weighted by Gasteiger charge is 2.51. The molecule has 0 saturated carbocycles. The van der Waals surface area contributed by atoms with Gasteiger partial charge in [0.05, 0.1) is 21.7 Å². The van der Waals surface area contributed by atoms with Crippen molar-refractivity contribution in [1.29, 1.82) is 5.41 Å². The molecule has 0 amide bonds. The number of amidine groups is 1. The standard InChI is InChI=1S/C18H18FN5O3S2/c1-17(2)16(20)23-18(3,8-29(17,25)26)14-12(19)5-13(28-14)10-4-11(7-21-6-10)15-24-22-9-27-15/h4-7,9H,8H2,1-3H3,(H2,20,23)/t18-/m0/s1. The molecule has 1 saturated heterocycles. The Morgan fingerprint density at radius 3 is 2.62 bits per heavy atom. The zero-order valence-corrected chi connectivity index (χ0v) is 17.5. The van der Waals surface area contributed by atoms with Crippen molar-refractivity contribution in [2.24, 2.45) is 0 Å². The molecule has 3 aromatic rings. The number of halogens is 1. The summed E-state index contributed by atoms with van der Waals surface area (Å²) < 4.78 is 44.2. The summed E-state index contributed by atoms with van der Waals surface area (Å²) in [6.07, 6.45) is 4.34. The average molecular weight is 436 g/mol. The van der Waals surface area contributed by atoms with Crippen LogP contribution in [0.2, 0.25) is 0 Å². The molecule has 1 aliphatic heterocycles. The Bertz CT molecular complexity index is 1200. The second kappa shape index (κ2) is 6.42. The lowest BCUT2D eigenvalue weighted by atomic mass is 9.99. The molecule has 4 rings (SSSR count). The van der Waals surface area contributed by atoms with Gasteiger partial charge in [0.1, 0.15) is 16.4 Å². The number of hydrogen-bond acceptors (Lipinski definition) is 8. The van der Waals surface area contributed by atoms with Crippen LogP contribution in [0.3, 0.4) is 0 Å². The van der Waals surface area contributed by atoms with Crippen molar-refractivity contribution in [3.05, 3.63) is 41.6 Å². The molecule has 0 aliphatic carbocycles. The van der Waals surface area contributed by atoms with Gasteiger partial charge in [-0.3, -0.25) is 10.4 Å². The molecule has 0 radical (unpaired) electrons. The van der Waals surface area contributed by atoms with E-state index in [4.69, 9.17) is 9.83 Å². The maximum Gasteiger partial charge on any atom is 0.249 e. The number of thiophene rings is 1. The predicted octanol–water partition coefficient (Wildman–Crippen LogP) is 2.99. The van der Waals surface area contributed by atoms with Gasteiger partial charge in [-0.2, -0.15) is 0 Å². The molecule has 0 unspecified atom stereocenters. The first-order valence-electron chi connectivity index (χ1n) is 8.65. The number of nitrogens with zero attached hydrogens (tertiary/aromatic N) is 3. The van der Waals surface area contributed by atoms with Crippen LogP contribution in [0, 0.1) is 11.2 Å². The lowest BCUT2D eigenvalue weighted by Crippen LogP contribution is -2.63. The molecule has 152 valence electrons. The van der Waals surface area contributed by atoms with Crippen LogP contribution in [0.25, 0.3) is 21.9 Å². The first kappa shape index (κ1) is 19.6. The largest absolute Gasteiger partial charge is 0.423 e. The van der Waals surface area contributed by atoms with E-state index in [1.165, 1.54) is 26.3 Å². The molecule has 8 nitrogen and oxygen atoms in total. The molecule has 1 fully saturated rings. The van der Waals surface area contributed by atoms with Crippen LogP contribution in [0.1, 0.15) is 25.6 Å². The summed E-state index contributed by atoms with van der Waals surface area (Å²) in [4.78, 5) is 4.94.